The number of rotatable bonds is 1. The minimum absolute atomic E-state index is 0.0770. The molecule has 3 nitrogen and oxygen atoms in total. The molecule has 0 unspecified atom stereocenters. The molecule has 0 aromatic heterocycles. The van der Waals surface area contributed by atoms with Gasteiger partial charge in [0.25, 0.3) is 5.91 Å². The SMILES string of the molecule is O=C1CCN(C(=O)c2cc(Cl)ccc2Br)CC1. The highest BCUT2D eigenvalue weighted by Gasteiger charge is 2.23. The summed E-state index contributed by atoms with van der Waals surface area (Å²) in [6, 6.07) is 5.12. The Hall–Kier alpha value is -0.870. The average molecular weight is 317 g/mol. The molecule has 0 spiro atoms. The summed E-state index contributed by atoms with van der Waals surface area (Å²) in [6.07, 6.45) is 0.897. The van der Waals surface area contributed by atoms with Gasteiger partial charge >= 0.3 is 0 Å². The molecule has 0 atom stereocenters. The maximum Gasteiger partial charge on any atom is 0.255 e. The Kier molecular flexibility index (Phi) is 3.84. The summed E-state index contributed by atoms with van der Waals surface area (Å²) in [5, 5.41) is 0.532. The minimum atomic E-state index is -0.0770. The van der Waals surface area contributed by atoms with Gasteiger partial charge in [0.05, 0.1) is 5.56 Å². The molecular weight excluding hydrogens is 305 g/mol. The topological polar surface area (TPSA) is 37.4 Å². The van der Waals surface area contributed by atoms with Gasteiger partial charge in [0.15, 0.2) is 0 Å². The number of likely N-dealkylation sites (tertiary alicyclic amines) is 1. The van der Waals surface area contributed by atoms with E-state index in [0.29, 0.717) is 36.5 Å². The van der Waals surface area contributed by atoms with Gasteiger partial charge in [-0.15, -0.1) is 0 Å². The summed E-state index contributed by atoms with van der Waals surface area (Å²) >= 11 is 9.21. The van der Waals surface area contributed by atoms with Crippen molar-refractivity contribution in [2.45, 2.75) is 12.8 Å². The molecule has 1 aliphatic heterocycles. The van der Waals surface area contributed by atoms with Crippen LogP contribution in [-0.4, -0.2) is 29.7 Å². The van der Waals surface area contributed by atoms with Crippen LogP contribution in [0.2, 0.25) is 5.02 Å². The predicted molar refractivity (Wildman–Crippen MR) is 69.3 cm³/mol. The Morgan fingerprint density at radius 2 is 1.94 bits per heavy atom. The van der Waals surface area contributed by atoms with E-state index in [1.807, 2.05) is 0 Å². The summed E-state index contributed by atoms with van der Waals surface area (Å²) in [7, 11) is 0. The third-order valence-electron chi connectivity index (χ3n) is 2.77. The fraction of sp³-hybridized carbons (Fsp3) is 0.333. The number of nitrogens with zero attached hydrogens (tertiary/aromatic N) is 1. The lowest BCUT2D eigenvalue weighted by Gasteiger charge is -2.26. The van der Waals surface area contributed by atoms with E-state index in [1.165, 1.54) is 0 Å². The molecule has 17 heavy (non-hydrogen) atoms. The summed E-state index contributed by atoms with van der Waals surface area (Å²) in [5.41, 5.74) is 0.548. The molecule has 5 heteroatoms. The van der Waals surface area contributed by atoms with Crippen molar-refractivity contribution in [3.8, 4) is 0 Å². The van der Waals surface area contributed by atoms with Crippen LogP contribution in [0.15, 0.2) is 22.7 Å². The molecular formula is C12H11BrClNO2. The van der Waals surface area contributed by atoms with Crippen LogP contribution in [0.1, 0.15) is 23.2 Å². The zero-order chi connectivity index (χ0) is 12.4. The van der Waals surface area contributed by atoms with Crippen molar-refractivity contribution in [2.24, 2.45) is 0 Å². The fourth-order valence-electron chi connectivity index (χ4n) is 1.79. The third kappa shape index (κ3) is 2.87. The molecule has 0 N–H and O–H groups in total. The smallest absolute Gasteiger partial charge is 0.255 e. The molecule has 90 valence electrons. The number of hydrogen-bond acceptors (Lipinski definition) is 2. The van der Waals surface area contributed by atoms with E-state index in [1.54, 1.807) is 23.1 Å². The normalized spacial score (nSPS) is 16.1. The molecule has 1 aromatic rings. The molecule has 0 bridgehead atoms. The zero-order valence-corrected chi connectivity index (χ0v) is 11.4. The Bertz CT molecular complexity index is 466. The van der Waals surface area contributed by atoms with E-state index in [4.69, 9.17) is 11.6 Å². The largest absolute Gasteiger partial charge is 0.338 e. The standard InChI is InChI=1S/C12H11BrClNO2/c13-11-2-1-8(14)7-10(11)12(17)15-5-3-9(16)4-6-15/h1-2,7H,3-6H2. The number of Topliss-reactive ketones (excluding diaryl/α,β-unsaturated/α-hetero) is 1. The van der Waals surface area contributed by atoms with Gasteiger partial charge in [-0.2, -0.15) is 0 Å². The van der Waals surface area contributed by atoms with E-state index >= 15 is 0 Å². The van der Waals surface area contributed by atoms with Crippen molar-refractivity contribution in [3.63, 3.8) is 0 Å². The van der Waals surface area contributed by atoms with Gasteiger partial charge in [-0.05, 0) is 34.1 Å². The van der Waals surface area contributed by atoms with Gasteiger partial charge in [-0.1, -0.05) is 11.6 Å². The Labute approximate surface area is 113 Å². The number of carbonyl (C=O) groups excluding carboxylic acids is 2. The van der Waals surface area contributed by atoms with Crippen LogP contribution in [0.3, 0.4) is 0 Å². The zero-order valence-electron chi connectivity index (χ0n) is 9.08. The van der Waals surface area contributed by atoms with Gasteiger partial charge < -0.3 is 4.90 Å². The first kappa shape index (κ1) is 12.6. The van der Waals surface area contributed by atoms with E-state index in [-0.39, 0.29) is 11.7 Å². The number of carbonyl (C=O) groups is 2. The summed E-state index contributed by atoms with van der Waals surface area (Å²) in [5.74, 6) is 0.145. The van der Waals surface area contributed by atoms with Crippen LogP contribution in [0.5, 0.6) is 0 Å². The molecule has 1 aromatic carbocycles. The lowest BCUT2D eigenvalue weighted by molar-refractivity contribution is -0.120. The van der Waals surface area contributed by atoms with Gasteiger partial charge in [-0.25, -0.2) is 0 Å². The molecule has 0 radical (unpaired) electrons. The molecule has 1 heterocycles. The van der Waals surface area contributed by atoms with Crippen molar-refractivity contribution >= 4 is 39.2 Å². The van der Waals surface area contributed by atoms with E-state index < -0.39 is 0 Å². The maximum absolute atomic E-state index is 12.2. The van der Waals surface area contributed by atoms with Crippen molar-refractivity contribution in [1.82, 2.24) is 4.90 Å². The minimum Gasteiger partial charge on any atom is -0.338 e. The molecule has 0 aliphatic carbocycles. The Balaban J connectivity index is 2.19. The lowest BCUT2D eigenvalue weighted by atomic mass is 10.1. The molecule has 1 saturated heterocycles. The summed E-state index contributed by atoms with van der Waals surface area (Å²) in [6.45, 7) is 0.993. The molecule has 1 fully saturated rings. The lowest BCUT2D eigenvalue weighted by Crippen LogP contribution is -2.38. The number of amides is 1. The van der Waals surface area contributed by atoms with E-state index in [9.17, 15) is 9.59 Å². The molecule has 0 saturated carbocycles. The maximum atomic E-state index is 12.2. The van der Waals surface area contributed by atoms with Crippen molar-refractivity contribution < 1.29 is 9.59 Å². The van der Waals surface area contributed by atoms with Crippen LogP contribution < -0.4 is 0 Å². The highest BCUT2D eigenvalue weighted by atomic mass is 79.9. The van der Waals surface area contributed by atoms with E-state index in [2.05, 4.69) is 15.9 Å². The summed E-state index contributed by atoms with van der Waals surface area (Å²) < 4.78 is 0.726. The first-order chi connectivity index (χ1) is 8.08. The Morgan fingerprint density at radius 3 is 2.59 bits per heavy atom. The number of ketones is 1. The number of hydrogen-bond donors (Lipinski definition) is 0. The van der Waals surface area contributed by atoms with Gasteiger partial charge in [0, 0.05) is 35.4 Å². The highest BCUT2D eigenvalue weighted by molar-refractivity contribution is 9.10. The number of halogens is 2. The first-order valence-corrected chi connectivity index (χ1v) is 6.51. The fourth-order valence-corrected chi connectivity index (χ4v) is 2.38. The van der Waals surface area contributed by atoms with Crippen LogP contribution in [0.4, 0.5) is 0 Å². The summed E-state index contributed by atoms with van der Waals surface area (Å²) in [4.78, 5) is 25.0. The second kappa shape index (κ2) is 5.19. The first-order valence-electron chi connectivity index (χ1n) is 5.34. The monoisotopic (exact) mass is 315 g/mol. The molecule has 1 aliphatic rings. The highest BCUT2D eigenvalue weighted by Crippen LogP contribution is 2.23. The Morgan fingerprint density at radius 1 is 1.29 bits per heavy atom. The van der Waals surface area contributed by atoms with Crippen LogP contribution >= 0.6 is 27.5 Å². The second-order valence-corrected chi connectivity index (χ2v) is 5.25. The molecule has 1 amide bonds. The average Bonchev–Trinajstić information content (AvgIpc) is 2.32. The molecule has 2 rings (SSSR count). The number of benzene rings is 1. The van der Waals surface area contributed by atoms with Crippen LogP contribution in [0.25, 0.3) is 0 Å². The van der Waals surface area contributed by atoms with Gasteiger partial charge in [0.2, 0.25) is 0 Å². The van der Waals surface area contributed by atoms with Gasteiger partial charge in [0.1, 0.15) is 5.78 Å². The van der Waals surface area contributed by atoms with E-state index in [0.717, 1.165) is 4.47 Å². The van der Waals surface area contributed by atoms with Crippen molar-refractivity contribution in [2.75, 3.05) is 13.1 Å². The quantitative estimate of drug-likeness (QED) is 0.799. The van der Waals surface area contributed by atoms with Crippen LogP contribution in [0, 0.1) is 0 Å². The third-order valence-corrected chi connectivity index (χ3v) is 3.69. The second-order valence-electron chi connectivity index (χ2n) is 3.96. The van der Waals surface area contributed by atoms with Crippen molar-refractivity contribution in [1.29, 1.82) is 0 Å². The number of piperidine rings is 1. The van der Waals surface area contributed by atoms with Crippen LogP contribution in [-0.2, 0) is 4.79 Å². The van der Waals surface area contributed by atoms with Crippen molar-refractivity contribution in [3.05, 3.63) is 33.3 Å². The van der Waals surface area contributed by atoms with Gasteiger partial charge in [-0.3, -0.25) is 9.59 Å². The predicted octanol–water partition coefficient (Wildman–Crippen LogP) is 2.91.